The maximum atomic E-state index is 14.5. The summed E-state index contributed by atoms with van der Waals surface area (Å²) in [4.78, 5) is 23.6. The number of sulfonamides is 1. The fourth-order valence-corrected chi connectivity index (χ4v) is 6.03. The number of hydrogen-bond acceptors (Lipinski definition) is 7. The molecule has 5 rings (SSSR count). The molecule has 3 aromatic rings. The predicted octanol–water partition coefficient (Wildman–Crippen LogP) is 3.39. The van der Waals surface area contributed by atoms with E-state index in [0.717, 1.165) is 24.1 Å². The highest BCUT2D eigenvalue weighted by Crippen LogP contribution is 2.43. The lowest BCUT2D eigenvalue weighted by atomic mass is 9.80. The highest BCUT2D eigenvalue weighted by Gasteiger charge is 2.45. The molecular weight excluding hydrogens is 491 g/mol. The van der Waals surface area contributed by atoms with Crippen LogP contribution < -0.4 is 10.0 Å². The van der Waals surface area contributed by atoms with E-state index in [4.69, 9.17) is 0 Å². The van der Waals surface area contributed by atoms with Gasteiger partial charge in [0.1, 0.15) is 22.0 Å². The summed E-state index contributed by atoms with van der Waals surface area (Å²) in [5.41, 5.74) is 1.51. The molecule has 9 nitrogen and oxygen atoms in total. The minimum atomic E-state index is -3.83. The van der Waals surface area contributed by atoms with E-state index in [0.29, 0.717) is 23.5 Å². The number of urea groups is 1. The maximum Gasteiger partial charge on any atom is 0.321 e. The van der Waals surface area contributed by atoms with Crippen LogP contribution in [0.5, 0.6) is 0 Å². The number of benzene rings is 1. The first-order valence-electron chi connectivity index (χ1n) is 11.3. The zero-order valence-corrected chi connectivity index (χ0v) is 20.9. The lowest BCUT2D eigenvalue weighted by Gasteiger charge is -2.28. The Morgan fingerprint density at radius 1 is 1.26 bits per heavy atom. The monoisotopic (exact) mass is 516 g/mol. The van der Waals surface area contributed by atoms with E-state index in [-0.39, 0.29) is 28.9 Å². The average molecular weight is 517 g/mol. The molecule has 2 fully saturated rings. The van der Waals surface area contributed by atoms with Crippen LogP contribution >= 0.6 is 11.5 Å². The van der Waals surface area contributed by atoms with Gasteiger partial charge in [0.05, 0.1) is 11.1 Å². The molecule has 35 heavy (non-hydrogen) atoms. The van der Waals surface area contributed by atoms with Crippen LogP contribution in [0.4, 0.5) is 14.9 Å². The Hall–Kier alpha value is -2.96. The summed E-state index contributed by atoms with van der Waals surface area (Å²) in [6, 6.07) is 6.29. The first-order chi connectivity index (χ1) is 16.7. The van der Waals surface area contributed by atoms with Crippen LogP contribution in [0.2, 0.25) is 0 Å². The van der Waals surface area contributed by atoms with E-state index in [2.05, 4.69) is 24.4 Å². The number of carbonyl (C=O) groups excluding carboxylic acids is 1. The number of aryl methyl sites for hydroxylation is 1. The largest absolute Gasteiger partial charge is 0.323 e. The molecule has 0 radical (unpaired) electrons. The van der Waals surface area contributed by atoms with Crippen LogP contribution in [0.3, 0.4) is 0 Å². The van der Waals surface area contributed by atoms with Crippen LogP contribution in [-0.2, 0) is 15.4 Å². The molecule has 1 saturated heterocycles. The summed E-state index contributed by atoms with van der Waals surface area (Å²) >= 11 is 1.22. The second kappa shape index (κ2) is 8.92. The molecule has 2 aromatic heterocycles. The molecule has 2 N–H and O–H groups in total. The summed E-state index contributed by atoms with van der Waals surface area (Å²) < 4.78 is 46.0. The number of aromatic nitrogens is 3. The normalized spacial score (nSPS) is 20.3. The number of hydrogen-bond donors (Lipinski definition) is 2. The zero-order chi connectivity index (χ0) is 24.8. The third-order valence-corrected chi connectivity index (χ3v) is 9.05. The molecule has 0 bridgehead atoms. The van der Waals surface area contributed by atoms with Gasteiger partial charge in [-0.25, -0.2) is 27.3 Å². The van der Waals surface area contributed by atoms with E-state index >= 15 is 0 Å². The van der Waals surface area contributed by atoms with Crippen LogP contribution in [0.1, 0.15) is 47.0 Å². The first kappa shape index (κ1) is 23.8. The van der Waals surface area contributed by atoms with Crippen molar-refractivity contribution in [2.24, 2.45) is 0 Å². The first-order valence-corrected chi connectivity index (χ1v) is 13.5. The topological polar surface area (TPSA) is 117 Å². The zero-order valence-electron chi connectivity index (χ0n) is 19.3. The molecule has 1 aliphatic heterocycles. The summed E-state index contributed by atoms with van der Waals surface area (Å²) in [7, 11) is -2.52. The summed E-state index contributed by atoms with van der Waals surface area (Å²) in [6.07, 6.45) is 5.26. The van der Waals surface area contributed by atoms with Crippen LogP contribution in [-0.4, -0.2) is 53.8 Å². The molecule has 1 unspecified atom stereocenters. The van der Waals surface area contributed by atoms with Gasteiger partial charge in [-0.3, -0.25) is 4.98 Å². The van der Waals surface area contributed by atoms with E-state index in [9.17, 15) is 17.6 Å². The lowest BCUT2D eigenvalue weighted by Crippen LogP contribution is -2.38. The molecule has 1 atom stereocenters. The second-order valence-corrected chi connectivity index (χ2v) is 11.6. The van der Waals surface area contributed by atoms with E-state index in [1.165, 1.54) is 37.2 Å². The predicted molar refractivity (Wildman–Crippen MR) is 129 cm³/mol. The molecule has 184 valence electrons. The number of likely N-dealkylation sites (tertiary alicyclic amines) is 1. The Kier molecular flexibility index (Phi) is 6.06. The number of anilines is 1. The number of carbonyl (C=O) groups is 1. The minimum Gasteiger partial charge on any atom is -0.323 e. The van der Waals surface area contributed by atoms with Gasteiger partial charge in [0.2, 0.25) is 10.0 Å². The Balaban J connectivity index is 1.46. The van der Waals surface area contributed by atoms with Gasteiger partial charge in [-0.1, -0.05) is 12.1 Å². The molecular formula is C23H25FN6O3S2. The van der Waals surface area contributed by atoms with Crippen molar-refractivity contribution in [3.8, 4) is 0 Å². The third kappa shape index (κ3) is 4.41. The third-order valence-electron chi connectivity index (χ3n) is 6.74. The van der Waals surface area contributed by atoms with Gasteiger partial charge >= 0.3 is 6.03 Å². The van der Waals surface area contributed by atoms with Gasteiger partial charge in [-0.2, -0.15) is 4.37 Å². The minimum absolute atomic E-state index is 0.0899. The van der Waals surface area contributed by atoms with Crippen LogP contribution in [0.25, 0.3) is 0 Å². The number of pyridine rings is 1. The Morgan fingerprint density at radius 2 is 2.06 bits per heavy atom. The summed E-state index contributed by atoms with van der Waals surface area (Å²) in [5.74, 6) is -0.0362. The Bertz CT molecular complexity index is 1380. The quantitative estimate of drug-likeness (QED) is 0.519. The summed E-state index contributed by atoms with van der Waals surface area (Å²) in [5, 5.41) is 3.50. The van der Waals surface area contributed by atoms with Crippen molar-refractivity contribution in [2.75, 3.05) is 25.5 Å². The summed E-state index contributed by atoms with van der Waals surface area (Å²) in [6.45, 7) is 2.34. The van der Waals surface area contributed by atoms with Gasteiger partial charge in [0, 0.05) is 30.9 Å². The molecule has 12 heteroatoms. The van der Waals surface area contributed by atoms with Crippen molar-refractivity contribution in [2.45, 2.75) is 42.4 Å². The van der Waals surface area contributed by atoms with Gasteiger partial charge in [0.15, 0.2) is 0 Å². The van der Waals surface area contributed by atoms with E-state index in [1.54, 1.807) is 24.0 Å². The van der Waals surface area contributed by atoms with E-state index in [1.807, 2.05) is 6.07 Å². The average Bonchev–Trinajstić information content (AvgIpc) is 3.35. The van der Waals surface area contributed by atoms with Crippen molar-refractivity contribution in [3.05, 3.63) is 64.4 Å². The second-order valence-electron chi connectivity index (χ2n) is 8.98. The number of nitrogens with one attached hydrogen (secondary N) is 2. The van der Waals surface area contributed by atoms with Crippen LogP contribution in [0, 0.1) is 12.7 Å². The van der Waals surface area contributed by atoms with Crippen molar-refractivity contribution >= 4 is 33.3 Å². The number of amides is 2. The molecule has 2 amide bonds. The SMILES string of the molecule is CNS(=O)(=O)c1cnc(C2CC2)cc1NC(=O)N1CCC(c2ccc(C)c(F)c2)(c2ncns2)C1. The fourth-order valence-electron chi connectivity index (χ4n) is 4.47. The Morgan fingerprint density at radius 3 is 2.71 bits per heavy atom. The van der Waals surface area contributed by atoms with Crippen molar-refractivity contribution < 1.29 is 17.6 Å². The number of nitrogens with zero attached hydrogens (tertiary/aromatic N) is 4. The van der Waals surface area contributed by atoms with Gasteiger partial charge in [0.25, 0.3) is 0 Å². The van der Waals surface area contributed by atoms with Gasteiger partial charge in [-0.05, 0) is 68.0 Å². The highest BCUT2D eigenvalue weighted by atomic mass is 32.2. The molecule has 1 saturated carbocycles. The van der Waals surface area contributed by atoms with Gasteiger partial charge in [-0.15, -0.1) is 0 Å². The van der Waals surface area contributed by atoms with Crippen molar-refractivity contribution in [1.29, 1.82) is 0 Å². The van der Waals surface area contributed by atoms with Crippen molar-refractivity contribution in [3.63, 3.8) is 0 Å². The lowest BCUT2D eigenvalue weighted by molar-refractivity contribution is 0.220. The standard InChI is InChI=1S/C23H25FN6O3S2/c1-14-3-6-16(9-17(14)24)23(21-27-13-28-34-21)7-8-30(12-23)22(31)29-19-10-18(15-4-5-15)26-11-20(19)35(32,33)25-2/h3,6,9-11,13,15,25H,4-5,7-8,12H2,1-2H3,(H,26,29,31). The van der Waals surface area contributed by atoms with E-state index < -0.39 is 21.5 Å². The smallest absolute Gasteiger partial charge is 0.321 e. The van der Waals surface area contributed by atoms with Crippen LogP contribution in [0.15, 0.2) is 41.7 Å². The number of rotatable bonds is 6. The highest BCUT2D eigenvalue weighted by molar-refractivity contribution is 7.89. The molecule has 2 aliphatic rings. The van der Waals surface area contributed by atoms with Gasteiger partial charge < -0.3 is 10.2 Å². The Labute approximate surface area is 207 Å². The number of halogens is 1. The maximum absolute atomic E-state index is 14.5. The fraction of sp³-hybridized carbons (Fsp3) is 0.391. The molecule has 1 aliphatic carbocycles. The molecule has 1 aromatic carbocycles. The molecule has 0 spiro atoms. The molecule has 3 heterocycles. The van der Waals surface area contributed by atoms with Crippen molar-refractivity contribution in [1.82, 2.24) is 24.0 Å².